The predicted octanol–water partition coefficient (Wildman–Crippen LogP) is 3.55. The number of aryl methyl sites for hydroxylation is 1. The summed E-state index contributed by atoms with van der Waals surface area (Å²) in [6.07, 6.45) is 0. The highest BCUT2D eigenvalue weighted by atomic mass is 32.2. The number of thioether (sulfide) groups is 1. The fraction of sp³-hybridized carbons (Fsp3) is 0.316. The van der Waals surface area contributed by atoms with Crippen molar-refractivity contribution in [1.82, 2.24) is 0 Å². The van der Waals surface area contributed by atoms with Crippen LogP contribution < -0.4 is 4.90 Å². The number of sulfone groups is 1. The summed E-state index contributed by atoms with van der Waals surface area (Å²) in [7, 11) is -3.22. The van der Waals surface area contributed by atoms with Crippen molar-refractivity contribution in [2.75, 3.05) is 16.4 Å². The fourth-order valence-electron chi connectivity index (χ4n) is 3.51. The van der Waals surface area contributed by atoms with Crippen LogP contribution in [0.1, 0.15) is 11.1 Å². The maximum Gasteiger partial charge on any atom is 0.164 e. The average molecular weight is 408 g/mol. The van der Waals surface area contributed by atoms with Gasteiger partial charge in [-0.1, -0.05) is 36.0 Å². The molecule has 2 heterocycles. The summed E-state index contributed by atoms with van der Waals surface area (Å²) in [6, 6.07) is 10.4. The standard InChI is InChI=1S/C19H18F2N2O2S2/c1-12-4-2-3-5-13(12)9-26-19-22-16-10-27(24,25)11-18(16)23(19)17-7-6-14(20)8-15(17)21/h2-8,16,18H,9-11H2,1H3/t16-,18+/m1/s1. The Bertz CT molecular complexity index is 1020. The summed E-state index contributed by atoms with van der Waals surface area (Å²) in [5.41, 5.74) is 2.44. The second kappa shape index (κ2) is 6.91. The van der Waals surface area contributed by atoms with Gasteiger partial charge in [-0.2, -0.15) is 0 Å². The minimum atomic E-state index is -3.22. The van der Waals surface area contributed by atoms with Crippen LogP contribution in [0.4, 0.5) is 14.5 Å². The van der Waals surface area contributed by atoms with Gasteiger partial charge in [0, 0.05) is 11.8 Å². The van der Waals surface area contributed by atoms with E-state index in [-0.39, 0.29) is 17.2 Å². The molecule has 0 spiro atoms. The van der Waals surface area contributed by atoms with Crippen LogP contribution >= 0.6 is 11.8 Å². The van der Waals surface area contributed by atoms with E-state index in [1.165, 1.54) is 23.9 Å². The van der Waals surface area contributed by atoms with Crippen molar-refractivity contribution in [1.29, 1.82) is 0 Å². The third-order valence-electron chi connectivity index (χ3n) is 4.89. The lowest BCUT2D eigenvalue weighted by atomic mass is 10.1. The number of amidine groups is 1. The van der Waals surface area contributed by atoms with Crippen molar-refractivity contribution >= 4 is 32.5 Å². The van der Waals surface area contributed by atoms with Gasteiger partial charge in [-0.05, 0) is 30.2 Å². The molecule has 2 aromatic rings. The van der Waals surface area contributed by atoms with Crippen molar-refractivity contribution in [3.8, 4) is 0 Å². The van der Waals surface area contributed by atoms with Crippen LogP contribution in [-0.4, -0.2) is 37.2 Å². The number of anilines is 1. The lowest BCUT2D eigenvalue weighted by molar-refractivity contribution is 0.577. The molecule has 4 nitrogen and oxygen atoms in total. The maximum absolute atomic E-state index is 14.5. The van der Waals surface area contributed by atoms with Crippen LogP contribution in [0.15, 0.2) is 47.5 Å². The van der Waals surface area contributed by atoms with Crippen molar-refractivity contribution in [2.24, 2.45) is 4.99 Å². The minimum Gasteiger partial charge on any atom is -0.312 e. The van der Waals surface area contributed by atoms with Gasteiger partial charge in [-0.25, -0.2) is 17.2 Å². The Morgan fingerprint density at radius 2 is 1.96 bits per heavy atom. The quantitative estimate of drug-likeness (QED) is 0.779. The summed E-state index contributed by atoms with van der Waals surface area (Å²) in [4.78, 5) is 6.21. The van der Waals surface area contributed by atoms with Crippen LogP contribution in [-0.2, 0) is 15.6 Å². The number of benzene rings is 2. The van der Waals surface area contributed by atoms with E-state index in [1.807, 2.05) is 31.2 Å². The zero-order valence-electron chi connectivity index (χ0n) is 14.6. The van der Waals surface area contributed by atoms with Crippen LogP contribution in [0.3, 0.4) is 0 Å². The van der Waals surface area contributed by atoms with Crippen LogP contribution in [0.25, 0.3) is 0 Å². The number of halogens is 2. The molecule has 0 N–H and O–H groups in total. The van der Waals surface area contributed by atoms with Gasteiger partial charge in [0.2, 0.25) is 0 Å². The van der Waals surface area contributed by atoms with E-state index in [0.29, 0.717) is 10.9 Å². The maximum atomic E-state index is 14.5. The van der Waals surface area contributed by atoms with Gasteiger partial charge >= 0.3 is 0 Å². The SMILES string of the molecule is Cc1ccccc1CSC1=N[C@@H]2CS(=O)(=O)C[C@@H]2N1c1ccc(F)cc1F. The molecule has 0 saturated carbocycles. The average Bonchev–Trinajstić information content (AvgIpc) is 3.06. The molecule has 0 amide bonds. The molecule has 2 atom stereocenters. The molecule has 142 valence electrons. The van der Waals surface area contributed by atoms with Gasteiger partial charge in [-0.15, -0.1) is 0 Å². The normalized spacial score (nSPS) is 23.4. The molecule has 2 aliphatic heterocycles. The van der Waals surface area contributed by atoms with E-state index in [4.69, 9.17) is 0 Å². The molecule has 0 aromatic heterocycles. The molecule has 8 heteroatoms. The lowest BCUT2D eigenvalue weighted by Crippen LogP contribution is -2.39. The van der Waals surface area contributed by atoms with E-state index >= 15 is 0 Å². The summed E-state index contributed by atoms with van der Waals surface area (Å²) in [5, 5.41) is 0.577. The summed E-state index contributed by atoms with van der Waals surface area (Å²) >= 11 is 1.44. The lowest BCUT2D eigenvalue weighted by Gasteiger charge is -2.27. The van der Waals surface area contributed by atoms with Gasteiger partial charge in [0.15, 0.2) is 15.0 Å². The van der Waals surface area contributed by atoms with Crippen molar-refractivity contribution in [3.05, 3.63) is 65.2 Å². The fourth-order valence-corrected chi connectivity index (χ4v) is 6.54. The number of hydrogen-bond acceptors (Lipinski definition) is 5. The summed E-state index contributed by atoms with van der Waals surface area (Å²) in [5.74, 6) is -0.865. The molecule has 0 radical (unpaired) electrons. The first kappa shape index (κ1) is 18.4. The van der Waals surface area contributed by atoms with Crippen LogP contribution in [0.5, 0.6) is 0 Å². The van der Waals surface area contributed by atoms with Crippen LogP contribution in [0, 0.1) is 18.6 Å². The molecule has 1 saturated heterocycles. The smallest absolute Gasteiger partial charge is 0.164 e. The van der Waals surface area contributed by atoms with E-state index in [2.05, 4.69) is 4.99 Å². The Hall–Kier alpha value is -1.93. The number of rotatable bonds is 3. The zero-order chi connectivity index (χ0) is 19.2. The topological polar surface area (TPSA) is 49.7 Å². The van der Waals surface area contributed by atoms with Gasteiger partial charge < -0.3 is 4.90 Å². The summed E-state index contributed by atoms with van der Waals surface area (Å²) in [6.45, 7) is 2.02. The van der Waals surface area contributed by atoms with Crippen molar-refractivity contribution in [3.63, 3.8) is 0 Å². The molecular formula is C19H18F2N2O2S2. The number of aliphatic imine (C=N–C) groups is 1. The Labute approximate surface area is 161 Å². The van der Waals surface area contributed by atoms with Gasteiger partial charge in [0.1, 0.15) is 11.6 Å². The second-order valence-electron chi connectivity index (χ2n) is 6.80. The van der Waals surface area contributed by atoms with Gasteiger partial charge in [-0.3, -0.25) is 4.99 Å². The van der Waals surface area contributed by atoms with Crippen LogP contribution in [0.2, 0.25) is 0 Å². The Balaban J connectivity index is 1.66. The van der Waals surface area contributed by atoms with Crippen molar-refractivity contribution in [2.45, 2.75) is 24.8 Å². The molecule has 27 heavy (non-hydrogen) atoms. The van der Waals surface area contributed by atoms with E-state index in [1.54, 1.807) is 4.90 Å². The highest BCUT2D eigenvalue weighted by molar-refractivity contribution is 8.13. The van der Waals surface area contributed by atoms with Crippen molar-refractivity contribution < 1.29 is 17.2 Å². The predicted molar refractivity (Wildman–Crippen MR) is 105 cm³/mol. The molecule has 0 unspecified atom stereocenters. The first-order chi connectivity index (χ1) is 12.8. The van der Waals surface area contributed by atoms with Gasteiger partial charge in [0.25, 0.3) is 0 Å². The number of fused-ring (bicyclic) bond motifs is 1. The Morgan fingerprint density at radius 1 is 1.19 bits per heavy atom. The molecule has 0 bridgehead atoms. The number of hydrogen-bond donors (Lipinski definition) is 0. The first-order valence-electron chi connectivity index (χ1n) is 8.54. The summed E-state index contributed by atoms with van der Waals surface area (Å²) < 4.78 is 51.9. The highest BCUT2D eigenvalue weighted by Gasteiger charge is 2.47. The Morgan fingerprint density at radius 3 is 2.70 bits per heavy atom. The first-order valence-corrected chi connectivity index (χ1v) is 11.3. The number of nitrogens with zero attached hydrogens (tertiary/aromatic N) is 2. The molecule has 0 aliphatic carbocycles. The van der Waals surface area contributed by atoms with E-state index in [9.17, 15) is 17.2 Å². The molecule has 1 fully saturated rings. The largest absolute Gasteiger partial charge is 0.312 e. The molecule has 2 aromatic carbocycles. The van der Waals surface area contributed by atoms with Gasteiger partial charge in [0.05, 0.1) is 29.3 Å². The van der Waals surface area contributed by atoms with E-state index in [0.717, 1.165) is 17.2 Å². The molecule has 4 rings (SSSR count). The zero-order valence-corrected chi connectivity index (χ0v) is 16.2. The minimum absolute atomic E-state index is 0.0363. The Kier molecular flexibility index (Phi) is 4.71. The molecule has 2 aliphatic rings. The third-order valence-corrected chi connectivity index (χ3v) is 7.61. The highest BCUT2D eigenvalue weighted by Crippen LogP contribution is 2.37. The van der Waals surface area contributed by atoms with E-state index < -0.39 is 33.6 Å². The molecular weight excluding hydrogens is 390 g/mol. The monoisotopic (exact) mass is 408 g/mol. The second-order valence-corrected chi connectivity index (χ2v) is 9.90. The third kappa shape index (κ3) is 3.60.